The van der Waals surface area contributed by atoms with Crippen LogP contribution in [0.3, 0.4) is 0 Å². The van der Waals surface area contributed by atoms with Gasteiger partial charge in [-0.2, -0.15) is 0 Å². The van der Waals surface area contributed by atoms with Crippen LogP contribution in [0.2, 0.25) is 0 Å². The van der Waals surface area contributed by atoms with Crippen LogP contribution in [0.1, 0.15) is 31.0 Å². The first-order valence-corrected chi connectivity index (χ1v) is 9.39. The Kier molecular flexibility index (Phi) is 5.61. The predicted octanol–water partition coefficient (Wildman–Crippen LogP) is 4.88. The van der Waals surface area contributed by atoms with Gasteiger partial charge in [-0.15, -0.1) is 0 Å². The zero-order chi connectivity index (χ0) is 19.6. The van der Waals surface area contributed by atoms with Crippen LogP contribution in [-0.4, -0.2) is 23.9 Å². The molecule has 1 aliphatic heterocycles. The van der Waals surface area contributed by atoms with E-state index < -0.39 is 5.97 Å². The molecule has 0 radical (unpaired) electrons. The summed E-state index contributed by atoms with van der Waals surface area (Å²) < 4.78 is 5.81. The van der Waals surface area contributed by atoms with Crippen LogP contribution >= 0.6 is 15.9 Å². The molecule has 1 heterocycles. The summed E-state index contributed by atoms with van der Waals surface area (Å²) in [5.74, 6) is -0.720. The average molecular weight is 426 g/mol. The van der Waals surface area contributed by atoms with E-state index in [1.54, 1.807) is 17.9 Å². The molecule has 0 saturated heterocycles. The molecule has 0 N–H and O–H groups in total. The van der Waals surface area contributed by atoms with Crippen LogP contribution in [0.4, 0.5) is 0 Å². The molecule has 0 aliphatic carbocycles. The van der Waals surface area contributed by atoms with Crippen molar-refractivity contribution < 1.29 is 14.3 Å². The maximum atomic E-state index is 13.3. The molecule has 0 aromatic heterocycles. The number of allylic oxidation sites excluding steroid dienone is 1. The van der Waals surface area contributed by atoms with E-state index in [4.69, 9.17) is 4.74 Å². The van der Waals surface area contributed by atoms with Gasteiger partial charge < -0.3 is 9.64 Å². The van der Waals surface area contributed by atoms with Crippen LogP contribution in [0.25, 0.3) is 6.08 Å². The Hall–Kier alpha value is -2.66. The van der Waals surface area contributed by atoms with Gasteiger partial charge in [0, 0.05) is 10.2 Å². The lowest BCUT2D eigenvalue weighted by Gasteiger charge is -2.26. The van der Waals surface area contributed by atoms with Crippen molar-refractivity contribution in [2.45, 2.75) is 19.9 Å². The third-order valence-electron chi connectivity index (χ3n) is 4.71. The third kappa shape index (κ3) is 3.60. The molecule has 0 bridgehead atoms. The SMILES string of the molecule is COC(=O)C1=C(C)N([C@@H](C)c2ccccc2)C(=O)/C1=C\c1ccccc1Br. The highest BCUT2D eigenvalue weighted by Crippen LogP contribution is 2.38. The Labute approximate surface area is 167 Å². The van der Waals surface area contributed by atoms with Crippen LogP contribution in [0.15, 0.2) is 75.9 Å². The van der Waals surface area contributed by atoms with Crippen molar-refractivity contribution in [2.75, 3.05) is 7.11 Å². The number of esters is 1. The van der Waals surface area contributed by atoms with Gasteiger partial charge >= 0.3 is 5.97 Å². The van der Waals surface area contributed by atoms with E-state index >= 15 is 0 Å². The fourth-order valence-corrected chi connectivity index (χ4v) is 3.69. The fourth-order valence-electron chi connectivity index (χ4n) is 3.29. The van der Waals surface area contributed by atoms with E-state index in [0.717, 1.165) is 15.6 Å². The number of hydrogen-bond donors (Lipinski definition) is 0. The number of ether oxygens (including phenoxy) is 1. The standard InChI is InChI=1S/C22H20BrNO3/c1-14(16-9-5-4-6-10-16)24-15(2)20(22(26)27-3)18(21(24)25)13-17-11-7-8-12-19(17)23/h4-14H,1-3H3/b18-13-/t14-/m0/s1. The molecule has 0 unspecified atom stereocenters. The molecule has 0 fully saturated rings. The third-order valence-corrected chi connectivity index (χ3v) is 5.43. The van der Waals surface area contributed by atoms with Crippen molar-refractivity contribution in [3.63, 3.8) is 0 Å². The number of nitrogens with zero attached hydrogens (tertiary/aromatic N) is 1. The molecule has 3 rings (SSSR count). The molecule has 1 atom stereocenters. The van der Waals surface area contributed by atoms with E-state index in [1.807, 2.05) is 61.5 Å². The second-order valence-electron chi connectivity index (χ2n) is 6.29. The van der Waals surface area contributed by atoms with Crippen molar-refractivity contribution in [3.8, 4) is 0 Å². The molecule has 2 aromatic rings. The normalized spacial score (nSPS) is 16.8. The maximum absolute atomic E-state index is 13.3. The first-order chi connectivity index (χ1) is 13.0. The van der Waals surface area contributed by atoms with Crippen LogP contribution in [0.5, 0.6) is 0 Å². The summed E-state index contributed by atoms with van der Waals surface area (Å²) in [6.07, 6.45) is 1.74. The zero-order valence-corrected chi connectivity index (χ0v) is 17.0. The van der Waals surface area contributed by atoms with Crippen LogP contribution in [0, 0.1) is 0 Å². The lowest BCUT2D eigenvalue weighted by Crippen LogP contribution is -2.28. The van der Waals surface area contributed by atoms with Gasteiger partial charge in [0.2, 0.25) is 0 Å². The molecule has 0 spiro atoms. The molecule has 1 amide bonds. The van der Waals surface area contributed by atoms with Gasteiger partial charge in [0.1, 0.15) is 0 Å². The average Bonchev–Trinajstić information content (AvgIpc) is 2.93. The van der Waals surface area contributed by atoms with Crippen molar-refractivity contribution in [1.82, 2.24) is 4.90 Å². The number of methoxy groups -OCH3 is 1. The monoisotopic (exact) mass is 425 g/mol. The van der Waals surface area contributed by atoms with Gasteiger partial charge in [-0.25, -0.2) is 4.79 Å². The molecule has 0 saturated carbocycles. The second-order valence-corrected chi connectivity index (χ2v) is 7.15. The maximum Gasteiger partial charge on any atom is 0.340 e. The molecular formula is C22H20BrNO3. The predicted molar refractivity (Wildman–Crippen MR) is 109 cm³/mol. The van der Waals surface area contributed by atoms with E-state index in [0.29, 0.717) is 16.8 Å². The summed E-state index contributed by atoms with van der Waals surface area (Å²) >= 11 is 3.49. The molecule has 4 nitrogen and oxygen atoms in total. The van der Waals surface area contributed by atoms with Gasteiger partial charge in [0.05, 0.1) is 24.3 Å². The summed E-state index contributed by atoms with van der Waals surface area (Å²) in [5.41, 5.74) is 3.07. The minimum atomic E-state index is -0.512. The van der Waals surface area contributed by atoms with Crippen molar-refractivity contribution in [3.05, 3.63) is 87.0 Å². The van der Waals surface area contributed by atoms with E-state index in [-0.39, 0.29) is 11.9 Å². The Morgan fingerprint density at radius 3 is 2.37 bits per heavy atom. The minimum absolute atomic E-state index is 0.205. The first-order valence-electron chi connectivity index (χ1n) is 8.60. The first kappa shape index (κ1) is 19.1. The van der Waals surface area contributed by atoms with Crippen molar-refractivity contribution in [2.24, 2.45) is 0 Å². The van der Waals surface area contributed by atoms with Gasteiger partial charge in [-0.3, -0.25) is 4.79 Å². The fraction of sp³-hybridized carbons (Fsp3) is 0.182. The molecule has 27 heavy (non-hydrogen) atoms. The van der Waals surface area contributed by atoms with E-state index in [1.165, 1.54) is 7.11 Å². The quantitative estimate of drug-likeness (QED) is 0.517. The zero-order valence-electron chi connectivity index (χ0n) is 15.4. The summed E-state index contributed by atoms with van der Waals surface area (Å²) in [5, 5.41) is 0. The minimum Gasteiger partial charge on any atom is -0.465 e. The summed E-state index contributed by atoms with van der Waals surface area (Å²) in [7, 11) is 1.33. The highest BCUT2D eigenvalue weighted by Gasteiger charge is 2.39. The second kappa shape index (κ2) is 7.92. The van der Waals surface area contributed by atoms with Crippen LogP contribution < -0.4 is 0 Å². The number of halogens is 1. The highest BCUT2D eigenvalue weighted by molar-refractivity contribution is 9.10. The Morgan fingerprint density at radius 1 is 1.11 bits per heavy atom. The van der Waals surface area contributed by atoms with Crippen LogP contribution in [-0.2, 0) is 14.3 Å². The molecule has 1 aliphatic rings. The molecule has 2 aromatic carbocycles. The van der Waals surface area contributed by atoms with Crippen molar-refractivity contribution in [1.29, 1.82) is 0 Å². The summed E-state index contributed by atoms with van der Waals surface area (Å²) in [6, 6.07) is 17.1. The van der Waals surface area contributed by atoms with E-state index in [9.17, 15) is 9.59 Å². The molecule has 138 valence electrons. The summed E-state index contributed by atoms with van der Waals surface area (Å²) in [6.45, 7) is 3.73. The highest BCUT2D eigenvalue weighted by atomic mass is 79.9. The van der Waals surface area contributed by atoms with Gasteiger partial charge in [0.15, 0.2) is 0 Å². The lowest BCUT2D eigenvalue weighted by atomic mass is 10.0. The number of rotatable bonds is 4. The number of benzene rings is 2. The largest absolute Gasteiger partial charge is 0.465 e. The Balaban J connectivity index is 2.11. The van der Waals surface area contributed by atoms with E-state index in [2.05, 4.69) is 15.9 Å². The lowest BCUT2D eigenvalue weighted by molar-refractivity contribution is -0.136. The van der Waals surface area contributed by atoms with Gasteiger partial charge in [-0.1, -0.05) is 64.5 Å². The smallest absolute Gasteiger partial charge is 0.340 e. The number of hydrogen-bond acceptors (Lipinski definition) is 3. The number of carbonyl (C=O) groups excluding carboxylic acids is 2. The van der Waals surface area contributed by atoms with Gasteiger partial charge in [0.25, 0.3) is 5.91 Å². The number of amides is 1. The topological polar surface area (TPSA) is 46.6 Å². The number of carbonyl (C=O) groups is 2. The molecule has 5 heteroatoms. The Bertz CT molecular complexity index is 947. The summed E-state index contributed by atoms with van der Waals surface area (Å²) in [4.78, 5) is 27.4. The molecular weight excluding hydrogens is 406 g/mol. The van der Waals surface area contributed by atoms with Crippen molar-refractivity contribution >= 4 is 33.9 Å². The van der Waals surface area contributed by atoms with Gasteiger partial charge in [-0.05, 0) is 37.1 Å². The Morgan fingerprint density at radius 2 is 1.74 bits per heavy atom.